The molecule has 2 rings (SSSR count). The van der Waals surface area contributed by atoms with Crippen LogP contribution in [0.25, 0.3) is 0 Å². The quantitative estimate of drug-likeness (QED) is 0.876. The Balaban J connectivity index is 1.90. The van der Waals surface area contributed by atoms with Crippen molar-refractivity contribution in [3.8, 4) is 0 Å². The molecule has 0 aliphatic heterocycles. The molecule has 0 aliphatic carbocycles. The van der Waals surface area contributed by atoms with Gasteiger partial charge in [-0.15, -0.1) is 11.3 Å². The maximum atomic E-state index is 11.8. The summed E-state index contributed by atoms with van der Waals surface area (Å²) in [6.45, 7) is 2.43. The number of nitrogens with zero attached hydrogens (tertiary/aromatic N) is 1. The Morgan fingerprint density at radius 3 is 2.78 bits per heavy atom. The molecule has 1 aromatic heterocycles. The number of halogens is 1. The highest BCUT2D eigenvalue weighted by molar-refractivity contribution is 9.09. The lowest BCUT2D eigenvalue weighted by Gasteiger charge is -2.10. The van der Waals surface area contributed by atoms with Gasteiger partial charge in [0.05, 0.1) is 9.83 Å². The summed E-state index contributed by atoms with van der Waals surface area (Å²) in [5, 5.41) is 5.54. The van der Waals surface area contributed by atoms with E-state index in [1.165, 1.54) is 11.3 Å². The normalized spacial score (nSPS) is 12.1. The van der Waals surface area contributed by atoms with Crippen LogP contribution in [0.15, 0.2) is 35.7 Å². The van der Waals surface area contributed by atoms with E-state index in [2.05, 4.69) is 26.2 Å². The monoisotopic (exact) mass is 324 g/mol. The number of carbonyl (C=O) groups excluding carboxylic acids is 1. The number of benzene rings is 1. The Morgan fingerprint density at radius 1 is 1.44 bits per heavy atom. The molecule has 0 fully saturated rings. The first kappa shape index (κ1) is 13.2. The Morgan fingerprint density at radius 2 is 2.17 bits per heavy atom. The third-order valence-electron chi connectivity index (χ3n) is 2.45. The summed E-state index contributed by atoms with van der Waals surface area (Å²) < 4.78 is 0. The van der Waals surface area contributed by atoms with E-state index in [9.17, 15) is 4.79 Å². The number of amides is 1. The van der Waals surface area contributed by atoms with E-state index in [-0.39, 0.29) is 10.7 Å². The minimum atomic E-state index is -0.125. The molecule has 0 saturated carbocycles. The fourth-order valence-corrected chi connectivity index (χ4v) is 2.58. The molecule has 3 nitrogen and oxygen atoms in total. The first-order valence-electron chi connectivity index (χ1n) is 5.56. The van der Waals surface area contributed by atoms with Gasteiger partial charge in [-0.3, -0.25) is 4.79 Å². The van der Waals surface area contributed by atoms with Crippen molar-refractivity contribution in [2.75, 3.05) is 6.54 Å². The highest BCUT2D eigenvalue weighted by atomic mass is 79.9. The maximum Gasteiger partial charge on any atom is 0.270 e. The Hall–Kier alpha value is -1.20. The number of aryl methyl sites for hydroxylation is 1. The van der Waals surface area contributed by atoms with E-state index >= 15 is 0 Å². The molecule has 5 heteroatoms. The lowest BCUT2D eigenvalue weighted by molar-refractivity contribution is 0.0949. The van der Waals surface area contributed by atoms with E-state index in [4.69, 9.17) is 0 Å². The molecule has 1 N–H and O–H groups in total. The zero-order valence-corrected chi connectivity index (χ0v) is 12.3. The first-order valence-corrected chi connectivity index (χ1v) is 7.35. The molecular weight excluding hydrogens is 312 g/mol. The fraction of sp³-hybridized carbons (Fsp3) is 0.231. The summed E-state index contributed by atoms with van der Waals surface area (Å²) in [5.74, 6) is -0.125. The maximum absolute atomic E-state index is 11.8. The summed E-state index contributed by atoms with van der Waals surface area (Å²) in [4.78, 5) is 16.1. The molecule has 2 aromatic rings. The van der Waals surface area contributed by atoms with E-state index in [0.717, 1.165) is 10.6 Å². The molecule has 0 bridgehead atoms. The van der Waals surface area contributed by atoms with Gasteiger partial charge >= 0.3 is 0 Å². The van der Waals surface area contributed by atoms with Gasteiger partial charge in [0, 0.05) is 11.9 Å². The predicted octanol–water partition coefficient (Wildman–Crippen LogP) is 3.32. The van der Waals surface area contributed by atoms with Crippen molar-refractivity contribution in [2.45, 2.75) is 11.8 Å². The highest BCUT2D eigenvalue weighted by Crippen LogP contribution is 2.21. The largest absolute Gasteiger partial charge is 0.349 e. The number of aromatic nitrogens is 1. The van der Waals surface area contributed by atoms with E-state index < -0.39 is 0 Å². The second kappa shape index (κ2) is 6.11. The van der Waals surface area contributed by atoms with E-state index in [1.807, 2.05) is 37.3 Å². The molecule has 0 radical (unpaired) electrons. The molecule has 0 saturated heterocycles. The Kier molecular flexibility index (Phi) is 4.49. The number of rotatable bonds is 4. The summed E-state index contributed by atoms with van der Waals surface area (Å²) in [6.07, 6.45) is 0. The third-order valence-corrected chi connectivity index (χ3v) is 4.08. The Bertz CT molecular complexity index is 527. The fourth-order valence-electron chi connectivity index (χ4n) is 1.52. The zero-order valence-electron chi connectivity index (χ0n) is 9.89. The van der Waals surface area contributed by atoms with Crippen LogP contribution in [0.5, 0.6) is 0 Å². The molecule has 18 heavy (non-hydrogen) atoms. The van der Waals surface area contributed by atoms with Gasteiger partial charge in [0.2, 0.25) is 0 Å². The van der Waals surface area contributed by atoms with Crippen molar-refractivity contribution < 1.29 is 4.79 Å². The van der Waals surface area contributed by atoms with Gasteiger partial charge in [-0.25, -0.2) is 4.98 Å². The van der Waals surface area contributed by atoms with Gasteiger partial charge in [0.15, 0.2) is 0 Å². The molecule has 1 atom stereocenters. The van der Waals surface area contributed by atoms with Crippen LogP contribution in [0.2, 0.25) is 0 Å². The summed E-state index contributed by atoms with van der Waals surface area (Å²) in [6, 6.07) is 9.99. The number of nitrogens with one attached hydrogen (secondary N) is 1. The standard InChI is InChI=1S/C13H13BrN2OS/c1-9-16-12(8-18-9)13(17)15-7-11(14)10-5-3-2-4-6-10/h2-6,8,11H,7H2,1H3,(H,15,17). The van der Waals surface area contributed by atoms with Crippen LogP contribution in [0.4, 0.5) is 0 Å². The lowest BCUT2D eigenvalue weighted by atomic mass is 10.1. The highest BCUT2D eigenvalue weighted by Gasteiger charge is 2.12. The molecule has 1 unspecified atom stereocenters. The van der Waals surface area contributed by atoms with Crippen LogP contribution >= 0.6 is 27.3 Å². The average Bonchev–Trinajstić information content (AvgIpc) is 2.83. The Labute approximate surface area is 118 Å². The SMILES string of the molecule is Cc1nc(C(=O)NCC(Br)c2ccccc2)cs1. The van der Waals surface area contributed by atoms with Gasteiger partial charge < -0.3 is 5.32 Å². The smallest absolute Gasteiger partial charge is 0.270 e. The second-order valence-electron chi connectivity index (χ2n) is 3.84. The summed E-state index contributed by atoms with van der Waals surface area (Å²) in [7, 11) is 0. The zero-order chi connectivity index (χ0) is 13.0. The molecular formula is C13H13BrN2OS. The number of carbonyl (C=O) groups is 1. The first-order chi connectivity index (χ1) is 8.66. The minimum Gasteiger partial charge on any atom is -0.349 e. The van der Waals surface area contributed by atoms with Crippen molar-refractivity contribution in [1.29, 1.82) is 0 Å². The van der Waals surface area contributed by atoms with E-state index in [0.29, 0.717) is 12.2 Å². The second-order valence-corrected chi connectivity index (χ2v) is 6.01. The van der Waals surface area contributed by atoms with Crippen LogP contribution in [0.3, 0.4) is 0 Å². The lowest BCUT2D eigenvalue weighted by Crippen LogP contribution is -2.27. The molecule has 1 heterocycles. The van der Waals surface area contributed by atoms with Gasteiger partial charge in [-0.05, 0) is 12.5 Å². The van der Waals surface area contributed by atoms with Crippen molar-refractivity contribution in [3.05, 3.63) is 52.0 Å². The topological polar surface area (TPSA) is 42.0 Å². The molecule has 1 amide bonds. The third kappa shape index (κ3) is 3.40. The van der Waals surface area contributed by atoms with Crippen LogP contribution in [0, 0.1) is 6.92 Å². The predicted molar refractivity (Wildman–Crippen MR) is 77.3 cm³/mol. The van der Waals surface area contributed by atoms with Crippen molar-refractivity contribution >= 4 is 33.2 Å². The molecule has 1 aromatic carbocycles. The van der Waals surface area contributed by atoms with Gasteiger partial charge in [-0.1, -0.05) is 46.3 Å². The summed E-state index contributed by atoms with van der Waals surface area (Å²) in [5.41, 5.74) is 1.64. The van der Waals surface area contributed by atoms with Crippen molar-refractivity contribution in [2.24, 2.45) is 0 Å². The average molecular weight is 325 g/mol. The minimum absolute atomic E-state index is 0.113. The van der Waals surface area contributed by atoms with Gasteiger partial charge in [0.1, 0.15) is 5.69 Å². The van der Waals surface area contributed by atoms with Crippen LogP contribution in [-0.2, 0) is 0 Å². The van der Waals surface area contributed by atoms with Gasteiger partial charge in [-0.2, -0.15) is 0 Å². The molecule has 0 spiro atoms. The van der Waals surface area contributed by atoms with E-state index in [1.54, 1.807) is 5.38 Å². The number of hydrogen-bond acceptors (Lipinski definition) is 3. The number of alkyl halides is 1. The van der Waals surface area contributed by atoms with Crippen LogP contribution in [0.1, 0.15) is 25.9 Å². The summed E-state index contributed by atoms with van der Waals surface area (Å²) >= 11 is 5.04. The van der Waals surface area contributed by atoms with Crippen LogP contribution in [-0.4, -0.2) is 17.4 Å². The molecule has 0 aliphatic rings. The number of thiazole rings is 1. The van der Waals surface area contributed by atoms with Crippen molar-refractivity contribution in [3.63, 3.8) is 0 Å². The van der Waals surface area contributed by atoms with Gasteiger partial charge in [0.25, 0.3) is 5.91 Å². The molecule has 94 valence electrons. The number of hydrogen-bond donors (Lipinski definition) is 1. The van der Waals surface area contributed by atoms with Crippen molar-refractivity contribution in [1.82, 2.24) is 10.3 Å². The van der Waals surface area contributed by atoms with Crippen LogP contribution < -0.4 is 5.32 Å².